The predicted molar refractivity (Wildman–Crippen MR) is 97.9 cm³/mol. The third kappa shape index (κ3) is 3.22. The Bertz CT molecular complexity index is 945. The first kappa shape index (κ1) is 19.4. The van der Waals surface area contributed by atoms with E-state index in [1.165, 1.54) is 13.2 Å². The van der Waals surface area contributed by atoms with Crippen molar-refractivity contribution < 1.29 is 27.5 Å². The molecule has 1 aliphatic heterocycles. The summed E-state index contributed by atoms with van der Waals surface area (Å²) in [6.45, 7) is 4.98. The van der Waals surface area contributed by atoms with Crippen LogP contribution in [0.1, 0.15) is 61.9 Å². The van der Waals surface area contributed by atoms with Gasteiger partial charge in [0.05, 0.1) is 12.7 Å². The van der Waals surface area contributed by atoms with Crippen LogP contribution in [0.4, 0.5) is 0 Å². The van der Waals surface area contributed by atoms with Gasteiger partial charge in [0.1, 0.15) is 16.4 Å². The number of amides is 1. The number of allylic oxidation sites excluding steroid dienone is 2. The lowest BCUT2D eigenvalue weighted by Crippen LogP contribution is -2.33. The van der Waals surface area contributed by atoms with Crippen molar-refractivity contribution in [1.82, 2.24) is 4.31 Å². The zero-order chi connectivity index (χ0) is 19.9. The predicted octanol–water partition coefficient (Wildman–Crippen LogP) is 2.96. The zero-order valence-electron chi connectivity index (χ0n) is 15.9. The van der Waals surface area contributed by atoms with E-state index in [1.807, 2.05) is 13.8 Å². The number of fused-ring (bicyclic) bond motifs is 1. The standard InChI is InChI=1S/C19H23NO6S/c1-11(2)14-8-13(25-4)9-17-18(14)19(22)20(27(17,23)24)10-26-16-7-5-6-15(21)12(16)3/h8-9,11H,5-7,10H2,1-4H3. The van der Waals surface area contributed by atoms with Crippen LogP contribution in [0.25, 0.3) is 0 Å². The van der Waals surface area contributed by atoms with Gasteiger partial charge in [-0.2, -0.15) is 4.31 Å². The first-order valence-corrected chi connectivity index (χ1v) is 10.3. The van der Waals surface area contributed by atoms with E-state index in [0.717, 1.165) is 4.31 Å². The van der Waals surface area contributed by atoms with Crippen molar-refractivity contribution in [1.29, 1.82) is 0 Å². The highest BCUT2D eigenvalue weighted by atomic mass is 32.2. The van der Waals surface area contributed by atoms with Crippen molar-refractivity contribution >= 4 is 21.7 Å². The molecular weight excluding hydrogens is 370 g/mol. The van der Waals surface area contributed by atoms with Crippen LogP contribution in [0.5, 0.6) is 5.75 Å². The number of hydrogen-bond donors (Lipinski definition) is 0. The molecule has 1 aromatic rings. The van der Waals surface area contributed by atoms with Crippen LogP contribution in [0.3, 0.4) is 0 Å². The molecule has 8 heteroatoms. The molecule has 2 aliphatic rings. The molecule has 0 spiro atoms. The Kier molecular flexibility index (Phi) is 5.03. The number of rotatable bonds is 5. The summed E-state index contributed by atoms with van der Waals surface area (Å²) >= 11 is 0. The van der Waals surface area contributed by atoms with Crippen molar-refractivity contribution in [3.63, 3.8) is 0 Å². The van der Waals surface area contributed by atoms with E-state index in [2.05, 4.69) is 0 Å². The SMILES string of the molecule is COc1cc(C(C)C)c2c(c1)S(=O)(=O)N(COC1=C(C)C(=O)CCC1)C2=O. The van der Waals surface area contributed by atoms with Gasteiger partial charge in [-0.15, -0.1) is 0 Å². The molecule has 1 amide bonds. The number of Topliss-reactive ketones (excluding diaryl/α,β-unsaturated/α-hetero) is 1. The normalized spacial score (nSPS) is 18.9. The number of benzene rings is 1. The van der Waals surface area contributed by atoms with Crippen LogP contribution in [0.15, 0.2) is 28.4 Å². The highest BCUT2D eigenvalue weighted by Gasteiger charge is 2.44. The van der Waals surface area contributed by atoms with Gasteiger partial charge in [0.2, 0.25) is 0 Å². The minimum atomic E-state index is -4.04. The molecule has 0 bridgehead atoms. The van der Waals surface area contributed by atoms with Gasteiger partial charge >= 0.3 is 0 Å². The molecule has 27 heavy (non-hydrogen) atoms. The van der Waals surface area contributed by atoms with E-state index in [9.17, 15) is 18.0 Å². The van der Waals surface area contributed by atoms with E-state index in [4.69, 9.17) is 9.47 Å². The summed E-state index contributed by atoms with van der Waals surface area (Å²) in [5, 5.41) is 0. The first-order chi connectivity index (χ1) is 12.7. The quantitative estimate of drug-likeness (QED) is 0.764. The minimum absolute atomic E-state index is 0.0121. The monoisotopic (exact) mass is 393 g/mol. The van der Waals surface area contributed by atoms with Crippen LogP contribution < -0.4 is 4.74 Å². The third-order valence-electron chi connectivity index (χ3n) is 4.97. The van der Waals surface area contributed by atoms with Gasteiger partial charge in [-0.1, -0.05) is 13.8 Å². The first-order valence-electron chi connectivity index (χ1n) is 8.83. The Labute approximate surface area is 159 Å². The Morgan fingerprint density at radius 1 is 1.19 bits per heavy atom. The minimum Gasteiger partial charge on any atom is -0.497 e. The van der Waals surface area contributed by atoms with E-state index >= 15 is 0 Å². The van der Waals surface area contributed by atoms with E-state index < -0.39 is 22.7 Å². The maximum absolute atomic E-state index is 12.9. The molecule has 1 heterocycles. The van der Waals surface area contributed by atoms with Crippen LogP contribution >= 0.6 is 0 Å². The molecule has 1 aromatic carbocycles. The maximum Gasteiger partial charge on any atom is 0.272 e. The summed E-state index contributed by atoms with van der Waals surface area (Å²) in [7, 11) is -2.59. The number of methoxy groups -OCH3 is 1. The Hall–Kier alpha value is -2.35. The number of carbonyl (C=O) groups excluding carboxylic acids is 2. The summed E-state index contributed by atoms with van der Waals surface area (Å²) in [5.41, 5.74) is 1.27. The summed E-state index contributed by atoms with van der Waals surface area (Å²) < 4.78 is 37.4. The van der Waals surface area contributed by atoms with Crippen LogP contribution in [-0.2, 0) is 19.6 Å². The summed E-state index contributed by atoms with van der Waals surface area (Å²) in [5.74, 6) is 0.147. The van der Waals surface area contributed by atoms with Gasteiger partial charge in [-0.3, -0.25) is 9.59 Å². The number of nitrogens with zero attached hydrogens (tertiary/aromatic N) is 1. The van der Waals surface area contributed by atoms with Crippen molar-refractivity contribution in [3.8, 4) is 5.75 Å². The molecule has 1 aliphatic carbocycles. The number of carbonyl (C=O) groups is 2. The second kappa shape index (κ2) is 6.99. The number of hydrogen-bond acceptors (Lipinski definition) is 6. The molecule has 7 nitrogen and oxygen atoms in total. The topological polar surface area (TPSA) is 90.0 Å². The fraction of sp³-hybridized carbons (Fsp3) is 0.474. The lowest BCUT2D eigenvalue weighted by Gasteiger charge is -2.21. The second-order valence-electron chi connectivity index (χ2n) is 7.00. The van der Waals surface area contributed by atoms with Gasteiger partial charge in [-0.25, -0.2) is 8.42 Å². The number of ether oxygens (including phenoxy) is 2. The second-order valence-corrected chi connectivity index (χ2v) is 8.83. The molecule has 0 atom stereocenters. The summed E-state index contributed by atoms with van der Waals surface area (Å²) in [6.07, 6.45) is 1.67. The third-order valence-corrected chi connectivity index (χ3v) is 6.70. The fourth-order valence-electron chi connectivity index (χ4n) is 3.35. The van der Waals surface area contributed by atoms with Gasteiger partial charge in [0, 0.05) is 24.5 Å². The van der Waals surface area contributed by atoms with E-state index in [1.54, 1.807) is 13.0 Å². The molecule has 0 fully saturated rings. The molecule has 0 saturated carbocycles. The average molecular weight is 393 g/mol. The maximum atomic E-state index is 12.9. The van der Waals surface area contributed by atoms with Crippen LogP contribution in [0.2, 0.25) is 0 Å². The molecule has 0 unspecified atom stereocenters. The summed E-state index contributed by atoms with van der Waals surface area (Å²) in [4.78, 5) is 24.6. The molecule has 0 radical (unpaired) electrons. The smallest absolute Gasteiger partial charge is 0.272 e. The molecular formula is C19H23NO6S. The van der Waals surface area contributed by atoms with Gasteiger partial charge in [0.25, 0.3) is 15.9 Å². The lowest BCUT2D eigenvalue weighted by atomic mass is 9.96. The van der Waals surface area contributed by atoms with Crippen molar-refractivity contribution in [3.05, 3.63) is 34.6 Å². The Balaban J connectivity index is 1.97. The van der Waals surface area contributed by atoms with Gasteiger partial charge in [0.15, 0.2) is 12.5 Å². The molecule has 0 N–H and O–H groups in total. The van der Waals surface area contributed by atoms with Crippen LogP contribution in [-0.4, -0.2) is 38.3 Å². The lowest BCUT2D eigenvalue weighted by molar-refractivity contribution is -0.116. The van der Waals surface area contributed by atoms with Crippen molar-refractivity contribution in [2.24, 2.45) is 0 Å². The average Bonchev–Trinajstić information content (AvgIpc) is 2.81. The van der Waals surface area contributed by atoms with Gasteiger partial charge in [-0.05, 0) is 30.9 Å². The molecule has 0 saturated heterocycles. The van der Waals surface area contributed by atoms with Gasteiger partial charge < -0.3 is 9.47 Å². The van der Waals surface area contributed by atoms with Crippen LogP contribution in [0, 0.1) is 0 Å². The highest BCUT2D eigenvalue weighted by Crippen LogP contribution is 2.38. The fourth-order valence-corrected chi connectivity index (χ4v) is 4.82. The molecule has 146 valence electrons. The van der Waals surface area contributed by atoms with Crippen molar-refractivity contribution in [2.45, 2.75) is 50.8 Å². The number of ketones is 1. The Morgan fingerprint density at radius 3 is 2.52 bits per heavy atom. The van der Waals surface area contributed by atoms with E-state index in [-0.39, 0.29) is 22.2 Å². The zero-order valence-corrected chi connectivity index (χ0v) is 16.7. The van der Waals surface area contributed by atoms with E-state index in [0.29, 0.717) is 41.9 Å². The summed E-state index contributed by atoms with van der Waals surface area (Å²) in [6, 6.07) is 3.05. The van der Waals surface area contributed by atoms with Crippen molar-refractivity contribution in [2.75, 3.05) is 13.8 Å². The highest BCUT2D eigenvalue weighted by molar-refractivity contribution is 7.90. The Morgan fingerprint density at radius 2 is 1.89 bits per heavy atom. The number of sulfonamides is 1. The molecule has 0 aromatic heterocycles. The largest absolute Gasteiger partial charge is 0.497 e. The molecule has 3 rings (SSSR count).